The van der Waals surface area contributed by atoms with E-state index < -0.39 is 11.6 Å². The van der Waals surface area contributed by atoms with Crippen LogP contribution in [0.5, 0.6) is 5.75 Å². The number of ether oxygens (including phenoxy) is 1. The first-order valence-electron chi connectivity index (χ1n) is 12.5. The van der Waals surface area contributed by atoms with Gasteiger partial charge in [-0.15, -0.1) is 0 Å². The topological polar surface area (TPSA) is 58.6 Å². The number of nitrogens with one attached hydrogen (secondary N) is 1. The van der Waals surface area contributed by atoms with Crippen LogP contribution < -0.4 is 10.1 Å². The molecule has 0 aliphatic rings. The molecule has 5 nitrogen and oxygen atoms in total. The molecule has 0 heterocycles. The summed E-state index contributed by atoms with van der Waals surface area (Å²) >= 11 is 18.9. The lowest BCUT2D eigenvalue weighted by Gasteiger charge is -2.34. The normalized spacial score (nSPS) is 12.1. The minimum Gasteiger partial charge on any atom is -0.494 e. The Morgan fingerprint density at radius 2 is 1.53 bits per heavy atom. The van der Waals surface area contributed by atoms with Gasteiger partial charge < -0.3 is 15.0 Å². The van der Waals surface area contributed by atoms with Gasteiger partial charge in [0.15, 0.2) is 0 Å². The zero-order chi connectivity index (χ0) is 27.7. The second-order valence-electron chi connectivity index (χ2n) is 10.1. The van der Waals surface area contributed by atoms with E-state index in [0.717, 1.165) is 5.56 Å². The Balaban J connectivity index is 1.85. The van der Waals surface area contributed by atoms with Gasteiger partial charge in [-0.05, 0) is 69.2 Å². The molecule has 0 bridgehead atoms. The van der Waals surface area contributed by atoms with E-state index in [1.807, 2.05) is 51.1 Å². The van der Waals surface area contributed by atoms with Crippen LogP contribution in [-0.2, 0) is 22.6 Å². The summed E-state index contributed by atoms with van der Waals surface area (Å²) in [4.78, 5) is 28.9. The van der Waals surface area contributed by atoms with Crippen molar-refractivity contribution in [1.29, 1.82) is 0 Å². The molecule has 38 heavy (non-hydrogen) atoms. The number of carbonyl (C=O) groups excluding carboxylic acids is 2. The number of carbonyl (C=O) groups is 2. The number of amides is 2. The lowest BCUT2D eigenvalue weighted by molar-refractivity contribution is -0.142. The van der Waals surface area contributed by atoms with Gasteiger partial charge in [0.2, 0.25) is 11.8 Å². The van der Waals surface area contributed by atoms with Crippen molar-refractivity contribution in [1.82, 2.24) is 10.2 Å². The third kappa shape index (κ3) is 9.23. The average Bonchev–Trinajstić information content (AvgIpc) is 2.86. The van der Waals surface area contributed by atoms with Gasteiger partial charge in [0.05, 0.1) is 6.61 Å². The highest BCUT2D eigenvalue weighted by atomic mass is 35.5. The molecule has 1 unspecified atom stereocenters. The summed E-state index contributed by atoms with van der Waals surface area (Å²) in [6, 6.07) is 21.1. The Morgan fingerprint density at radius 1 is 0.895 bits per heavy atom. The molecule has 0 radical (unpaired) electrons. The minimum atomic E-state index is -0.770. The fourth-order valence-electron chi connectivity index (χ4n) is 3.95. The van der Waals surface area contributed by atoms with Gasteiger partial charge in [-0.1, -0.05) is 71.2 Å². The Kier molecular flexibility index (Phi) is 10.9. The van der Waals surface area contributed by atoms with E-state index in [-0.39, 0.29) is 24.8 Å². The predicted molar refractivity (Wildman–Crippen MR) is 155 cm³/mol. The molecule has 2 amide bonds. The summed E-state index contributed by atoms with van der Waals surface area (Å²) in [5, 5.41) is 4.55. The lowest BCUT2D eigenvalue weighted by Crippen LogP contribution is -2.54. The molecule has 3 rings (SSSR count). The maximum Gasteiger partial charge on any atom is 0.243 e. The molecule has 1 N–H and O–H groups in total. The third-order valence-corrected chi connectivity index (χ3v) is 6.74. The quantitative estimate of drug-likeness (QED) is 0.243. The monoisotopic (exact) mass is 574 g/mol. The molecule has 0 saturated carbocycles. The standard InChI is InChI=1S/C30H33Cl3N2O3/c1-30(2,3)34-29(37)27(19-21-9-5-4-6-10-21)35(20-24-25(32)11-7-12-26(24)33)28(36)13-8-18-38-23-16-14-22(31)15-17-23/h4-7,9-12,14-17,27H,8,13,18-20H2,1-3H3,(H,34,37). The smallest absolute Gasteiger partial charge is 0.243 e. The van der Waals surface area contributed by atoms with Crippen LogP contribution in [0.3, 0.4) is 0 Å². The molecule has 0 fully saturated rings. The Morgan fingerprint density at radius 3 is 2.13 bits per heavy atom. The van der Waals surface area contributed by atoms with Gasteiger partial charge in [-0.3, -0.25) is 9.59 Å². The van der Waals surface area contributed by atoms with Gasteiger partial charge >= 0.3 is 0 Å². The minimum absolute atomic E-state index is 0.102. The molecule has 0 aromatic heterocycles. The SMILES string of the molecule is CC(C)(C)NC(=O)C(Cc1ccccc1)N(Cc1c(Cl)cccc1Cl)C(=O)CCCOc1ccc(Cl)cc1. The van der Waals surface area contributed by atoms with Crippen LogP contribution in [0.4, 0.5) is 0 Å². The molecule has 0 saturated heterocycles. The van der Waals surface area contributed by atoms with E-state index in [9.17, 15) is 9.59 Å². The number of benzene rings is 3. The fourth-order valence-corrected chi connectivity index (χ4v) is 4.59. The van der Waals surface area contributed by atoms with Crippen LogP contribution >= 0.6 is 34.8 Å². The van der Waals surface area contributed by atoms with Crippen LogP contribution in [0.1, 0.15) is 44.7 Å². The maximum atomic E-state index is 13.7. The summed E-state index contributed by atoms with van der Waals surface area (Å²) < 4.78 is 5.77. The zero-order valence-electron chi connectivity index (χ0n) is 21.8. The molecular weight excluding hydrogens is 543 g/mol. The number of hydrogen-bond donors (Lipinski definition) is 1. The molecule has 1 atom stereocenters. The zero-order valence-corrected chi connectivity index (χ0v) is 24.1. The number of rotatable bonds is 11. The molecule has 8 heteroatoms. The van der Waals surface area contributed by atoms with Gasteiger partial charge in [0.1, 0.15) is 11.8 Å². The van der Waals surface area contributed by atoms with Gasteiger partial charge in [-0.25, -0.2) is 0 Å². The lowest BCUT2D eigenvalue weighted by atomic mass is 10.00. The van der Waals surface area contributed by atoms with E-state index in [4.69, 9.17) is 39.5 Å². The summed E-state index contributed by atoms with van der Waals surface area (Å²) in [5.41, 5.74) is 1.06. The van der Waals surface area contributed by atoms with Crippen molar-refractivity contribution in [3.63, 3.8) is 0 Å². The first-order chi connectivity index (χ1) is 18.0. The number of hydrogen-bond acceptors (Lipinski definition) is 3. The fraction of sp³-hybridized carbons (Fsp3) is 0.333. The van der Waals surface area contributed by atoms with Gasteiger partial charge in [0.25, 0.3) is 0 Å². The Hall–Kier alpha value is -2.73. The highest BCUT2D eigenvalue weighted by molar-refractivity contribution is 6.36. The first-order valence-corrected chi connectivity index (χ1v) is 13.6. The van der Waals surface area contributed by atoms with Crippen LogP contribution in [0, 0.1) is 0 Å². The van der Waals surface area contributed by atoms with Crippen LogP contribution in [0.2, 0.25) is 15.1 Å². The second-order valence-corrected chi connectivity index (χ2v) is 11.3. The van der Waals surface area contributed by atoms with E-state index in [1.54, 1.807) is 47.4 Å². The first kappa shape index (κ1) is 29.8. The highest BCUT2D eigenvalue weighted by Crippen LogP contribution is 2.28. The summed E-state index contributed by atoms with van der Waals surface area (Å²) in [5.74, 6) is 0.244. The average molecular weight is 576 g/mol. The molecule has 0 aliphatic carbocycles. The van der Waals surface area contributed by atoms with Crippen molar-refractivity contribution in [2.24, 2.45) is 0 Å². The largest absolute Gasteiger partial charge is 0.494 e. The van der Waals surface area contributed by atoms with Gasteiger partial charge in [-0.2, -0.15) is 0 Å². The number of halogens is 3. The Bertz CT molecular complexity index is 1190. The predicted octanol–water partition coefficient (Wildman–Crippen LogP) is 7.36. The van der Waals surface area contributed by atoms with Crippen LogP contribution in [0.25, 0.3) is 0 Å². The van der Waals surface area contributed by atoms with Crippen molar-refractivity contribution < 1.29 is 14.3 Å². The number of nitrogens with zero attached hydrogens (tertiary/aromatic N) is 1. The van der Waals surface area contributed by atoms with Crippen molar-refractivity contribution in [3.05, 3.63) is 99.0 Å². The molecular formula is C30H33Cl3N2O3. The van der Waals surface area contributed by atoms with Crippen LogP contribution in [-0.4, -0.2) is 34.9 Å². The molecule has 3 aromatic carbocycles. The molecule has 0 aliphatic heterocycles. The van der Waals surface area contributed by atoms with Crippen molar-refractivity contribution in [2.45, 2.75) is 58.2 Å². The summed E-state index contributed by atoms with van der Waals surface area (Å²) in [7, 11) is 0. The van der Waals surface area contributed by atoms with Crippen molar-refractivity contribution >= 4 is 46.6 Å². The molecule has 202 valence electrons. The summed E-state index contributed by atoms with van der Waals surface area (Å²) in [6.07, 6.45) is 0.995. The second kappa shape index (κ2) is 13.9. The molecule has 0 spiro atoms. The van der Waals surface area contributed by atoms with Gasteiger partial charge in [0, 0.05) is 45.6 Å². The van der Waals surface area contributed by atoms with E-state index in [0.29, 0.717) is 45.8 Å². The maximum absolute atomic E-state index is 13.7. The Labute approximate surface area is 240 Å². The van der Waals surface area contributed by atoms with Crippen LogP contribution in [0.15, 0.2) is 72.8 Å². The van der Waals surface area contributed by atoms with E-state index >= 15 is 0 Å². The van der Waals surface area contributed by atoms with E-state index in [1.165, 1.54) is 0 Å². The third-order valence-electron chi connectivity index (χ3n) is 5.78. The summed E-state index contributed by atoms with van der Waals surface area (Å²) in [6.45, 7) is 6.18. The molecule has 3 aromatic rings. The van der Waals surface area contributed by atoms with Crippen molar-refractivity contribution in [3.8, 4) is 5.75 Å². The highest BCUT2D eigenvalue weighted by Gasteiger charge is 2.32. The van der Waals surface area contributed by atoms with E-state index in [2.05, 4.69) is 5.32 Å². The van der Waals surface area contributed by atoms with Crippen molar-refractivity contribution in [2.75, 3.05) is 6.61 Å².